The van der Waals surface area contributed by atoms with E-state index in [1.54, 1.807) is 12.1 Å². The van der Waals surface area contributed by atoms with Gasteiger partial charge in [-0.25, -0.2) is 13.1 Å². The summed E-state index contributed by atoms with van der Waals surface area (Å²) in [5.74, 6) is 0.293. The Labute approximate surface area is 104 Å². The maximum Gasteiger partial charge on any atom is 0.160 e. The van der Waals surface area contributed by atoms with Crippen LogP contribution in [0.3, 0.4) is 0 Å². The highest BCUT2D eigenvalue weighted by Gasteiger charge is 2.32. The van der Waals surface area contributed by atoms with E-state index in [9.17, 15) is 13.5 Å². The fourth-order valence-electron chi connectivity index (χ4n) is 2.10. The molecule has 0 amide bonds. The molecule has 0 radical (unpaired) electrons. The van der Waals surface area contributed by atoms with Crippen LogP contribution in [0, 0.1) is 0 Å². The summed E-state index contributed by atoms with van der Waals surface area (Å²) in [7, 11) is -3.11. The molecule has 0 atom stereocenters. The molecule has 0 spiro atoms. The van der Waals surface area contributed by atoms with Crippen LogP contribution in [-0.2, 0) is 21.3 Å². The molecule has 0 saturated heterocycles. The fraction of sp³-hybridized carbons (Fsp3) is 0.182. The lowest BCUT2D eigenvalue weighted by Gasteiger charge is -2.04. The number of phenols is 1. The third kappa shape index (κ3) is 1.63. The molecule has 2 aromatic rings. The zero-order valence-electron chi connectivity index (χ0n) is 9.37. The van der Waals surface area contributed by atoms with Crippen molar-refractivity contribution in [1.82, 2.24) is 9.78 Å². The van der Waals surface area contributed by atoms with Crippen LogP contribution in [-0.4, -0.2) is 23.3 Å². The maximum atomic E-state index is 11.6. The number of hydrogen-bond acceptors (Lipinski definition) is 5. The first-order chi connectivity index (χ1) is 8.46. The van der Waals surface area contributed by atoms with Crippen molar-refractivity contribution in [2.45, 2.75) is 11.5 Å². The molecule has 0 fully saturated rings. The number of sulfone groups is 1. The maximum absolute atomic E-state index is 11.6. The van der Waals surface area contributed by atoms with Gasteiger partial charge in [-0.05, 0) is 24.3 Å². The Morgan fingerprint density at radius 3 is 2.56 bits per heavy atom. The first-order valence-corrected chi connectivity index (χ1v) is 7.14. The highest BCUT2D eigenvalue weighted by atomic mass is 32.2. The Hall–Kier alpha value is -2.02. The summed E-state index contributed by atoms with van der Waals surface area (Å²) >= 11 is 0. The molecule has 3 rings (SSSR count). The van der Waals surface area contributed by atoms with E-state index in [4.69, 9.17) is 5.73 Å². The third-order valence-corrected chi connectivity index (χ3v) is 4.38. The Morgan fingerprint density at radius 2 is 1.89 bits per heavy atom. The highest BCUT2D eigenvalue weighted by molar-refractivity contribution is 7.90. The summed E-state index contributed by atoms with van der Waals surface area (Å²) in [5, 5.41) is 13.4. The summed E-state index contributed by atoms with van der Waals surface area (Å²) in [4.78, 5) is 0. The normalized spacial score (nSPS) is 16.7. The lowest BCUT2D eigenvalue weighted by molar-refractivity contribution is 0.475. The monoisotopic (exact) mass is 265 g/mol. The second-order valence-corrected chi connectivity index (χ2v) is 6.34. The van der Waals surface area contributed by atoms with Crippen molar-refractivity contribution >= 4 is 15.7 Å². The van der Waals surface area contributed by atoms with Gasteiger partial charge < -0.3 is 10.8 Å². The minimum absolute atomic E-state index is 0.0482. The van der Waals surface area contributed by atoms with Crippen LogP contribution in [0.2, 0.25) is 0 Å². The zero-order chi connectivity index (χ0) is 12.9. The molecule has 0 saturated carbocycles. The minimum atomic E-state index is -3.11. The summed E-state index contributed by atoms with van der Waals surface area (Å²) in [6.45, 7) is 0. The van der Waals surface area contributed by atoms with Crippen molar-refractivity contribution in [1.29, 1.82) is 0 Å². The van der Waals surface area contributed by atoms with Crippen molar-refractivity contribution in [3.05, 3.63) is 35.5 Å². The van der Waals surface area contributed by atoms with E-state index in [2.05, 4.69) is 5.10 Å². The van der Waals surface area contributed by atoms with Crippen molar-refractivity contribution in [3.63, 3.8) is 0 Å². The number of nitrogen functional groups attached to an aromatic ring is 1. The molecule has 1 aromatic heterocycles. The van der Waals surface area contributed by atoms with Gasteiger partial charge in [0.25, 0.3) is 0 Å². The Balaban J connectivity index is 2.16. The molecule has 6 nitrogen and oxygen atoms in total. The molecular formula is C11H11N3O3S. The number of nitrogens with zero attached hydrogens (tertiary/aromatic N) is 2. The first kappa shape index (κ1) is 11.1. The number of aromatic hydroxyl groups is 1. The SMILES string of the molecule is Nc1nn(-c2ccc(O)cc2)c2c1CS(=O)(=O)C2. The number of hydrogen-bond donors (Lipinski definition) is 2. The van der Waals surface area contributed by atoms with E-state index < -0.39 is 9.84 Å². The van der Waals surface area contributed by atoms with Crippen molar-refractivity contribution < 1.29 is 13.5 Å². The Morgan fingerprint density at radius 1 is 1.22 bits per heavy atom. The van der Waals surface area contributed by atoms with Crippen LogP contribution >= 0.6 is 0 Å². The van der Waals surface area contributed by atoms with Gasteiger partial charge in [-0.2, -0.15) is 5.10 Å². The number of rotatable bonds is 1. The van der Waals surface area contributed by atoms with Gasteiger partial charge in [0, 0.05) is 5.56 Å². The van der Waals surface area contributed by atoms with Gasteiger partial charge in [0.05, 0.1) is 22.9 Å². The van der Waals surface area contributed by atoms with Crippen LogP contribution in [0.5, 0.6) is 5.75 Å². The fourth-order valence-corrected chi connectivity index (χ4v) is 3.67. The number of anilines is 1. The second-order valence-electron chi connectivity index (χ2n) is 4.27. The molecule has 0 unspecified atom stereocenters. The van der Waals surface area contributed by atoms with E-state index in [1.807, 2.05) is 0 Å². The molecule has 0 aliphatic carbocycles. The number of benzene rings is 1. The van der Waals surface area contributed by atoms with Gasteiger partial charge in [-0.3, -0.25) is 0 Å². The van der Waals surface area contributed by atoms with Crippen LogP contribution in [0.15, 0.2) is 24.3 Å². The predicted octanol–water partition coefficient (Wildman–Crippen LogP) is 0.589. The van der Waals surface area contributed by atoms with Gasteiger partial charge >= 0.3 is 0 Å². The molecule has 2 heterocycles. The molecular weight excluding hydrogens is 254 g/mol. The molecule has 7 heteroatoms. The first-order valence-electron chi connectivity index (χ1n) is 5.32. The van der Waals surface area contributed by atoms with Crippen molar-refractivity contribution in [2.24, 2.45) is 0 Å². The number of aromatic nitrogens is 2. The third-order valence-electron chi connectivity index (χ3n) is 2.94. The van der Waals surface area contributed by atoms with Crippen LogP contribution in [0.25, 0.3) is 5.69 Å². The van der Waals surface area contributed by atoms with Crippen LogP contribution in [0.4, 0.5) is 5.82 Å². The predicted molar refractivity (Wildman–Crippen MR) is 66.0 cm³/mol. The van der Waals surface area contributed by atoms with Gasteiger partial charge in [-0.15, -0.1) is 0 Å². The molecule has 1 aliphatic heterocycles. The molecule has 3 N–H and O–H groups in total. The number of nitrogens with two attached hydrogens (primary N) is 1. The van der Waals surface area contributed by atoms with Gasteiger partial charge in [0.1, 0.15) is 11.6 Å². The average molecular weight is 265 g/mol. The van der Waals surface area contributed by atoms with E-state index in [-0.39, 0.29) is 23.1 Å². The average Bonchev–Trinajstić information content (AvgIpc) is 2.76. The highest BCUT2D eigenvalue weighted by Crippen LogP contribution is 2.31. The summed E-state index contributed by atoms with van der Waals surface area (Å²) in [5.41, 5.74) is 7.61. The van der Waals surface area contributed by atoms with Crippen molar-refractivity contribution in [2.75, 3.05) is 5.73 Å². The number of fused-ring (bicyclic) bond motifs is 1. The van der Waals surface area contributed by atoms with E-state index >= 15 is 0 Å². The van der Waals surface area contributed by atoms with Gasteiger partial charge in [0.15, 0.2) is 9.84 Å². The van der Waals surface area contributed by atoms with Gasteiger partial charge in [0.2, 0.25) is 0 Å². The topological polar surface area (TPSA) is 98.2 Å². The van der Waals surface area contributed by atoms with Crippen LogP contribution in [0.1, 0.15) is 11.3 Å². The summed E-state index contributed by atoms with van der Waals surface area (Å²) < 4.78 is 24.7. The molecule has 18 heavy (non-hydrogen) atoms. The van der Waals surface area contributed by atoms with Crippen LogP contribution < -0.4 is 5.73 Å². The minimum Gasteiger partial charge on any atom is -0.508 e. The van der Waals surface area contributed by atoms with E-state index in [0.717, 1.165) is 0 Å². The Kier molecular flexibility index (Phi) is 2.15. The second kappa shape index (κ2) is 3.49. The Bertz CT molecular complexity index is 717. The molecule has 1 aromatic carbocycles. The molecule has 0 bridgehead atoms. The summed E-state index contributed by atoms with van der Waals surface area (Å²) in [6.07, 6.45) is 0. The van der Waals surface area contributed by atoms with Crippen molar-refractivity contribution in [3.8, 4) is 11.4 Å². The standard InChI is InChI=1S/C11H11N3O3S/c12-11-9-5-18(16,17)6-10(9)14(13-11)7-1-3-8(15)4-2-7/h1-4,15H,5-6H2,(H2,12,13). The largest absolute Gasteiger partial charge is 0.508 e. The smallest absolute Gasteiger partial charge is 0.160 e. The molecule has 1 aliphatic rings. The van der Waals surface area contributed by atoms with E-state index in [0.29, 0.717) is 16.9 Å². The number of phenolic OH excluding ortho intramolecular Hbond substituents is 1. The lowest BCUT2D eigenvalue weighted by atomic mass is 10.2. The quantitative estimate of drug-likeness (QED) is 0.786. The van der Waals surface area contributed by atoms with E-state index in [1.165, 1.54) is 16.8 Å². The zero-order valence-corrected chi connectivity index (χ0v) is 10.2. The molecule has 94 valence electrons. The lowest BCUT2D eigenvalue weighted by Crippen LogP contribution is -2.05. The summed E-state index contributed by atoms with van der Waals surface area (Å²) in [6, 6.07) is 6.35. The van der Waals surface area contributed by atoms with Gasteiger partial charge in [-0.1, -0.05) is 0 Å².